The van der Waals surface area contributed by atoms with Gasteiger partial charge in [0.25, 0.3) is 0 Å². The molecule has 0 aliphatic carbocycles. The van der Waals surface area contributed by atoms with E-state index in [0.717, 1.165) is 0 Å². The minimum atomic E-state index is 1.20. The SMILES string of the molecule is Cc1cccc(-n2c3ccccc3c3ccccc32)c1Sc1ccccc1-n1c2ccccc2c2ccccc21. The van der Waals surface area contributed by atoms with E-state index in [2.05, 4.69) is 156 Å². The van der Waals surface area contributed by atoms with E-state index in [1.807, 2.05) is 11.8 Å². The molecule has 190 valence electrons. The maximum Gasteiger partial charge on any atom is 0.0604 e. The van der Waals surface area contributed by atoms with Crippen LogP contribution in [-0.2, 0) is 0 Å². The van der Waals surface area contributed by atoms with Gasteiger partial charge in [0.15, 0.2) is 0 Å². The van der Waals surface area contributed by atoms with Crippen molar-refractivity contribution in [1.29, 1.82) is 0 Å². The smallest absolute Gasteiger partial charge is 0.0604 e. The van der Waals surface area contributed by atoms with E-state index < -0.39 is 0 Å². The quantitative estimate of drug-likeness (QED) is 0.220. The number of benzene rings is 6. The summed E-state index contributed by atoms with van der Waals surface area (Å²) >= 11 is 1.86. The van der Waals surface area contributed by atoms with E-state index in [0.29, 0.717) is 0 Å². The van der Waals surface area contributed by atoms with Gasteiger partial charge in [0.05, 0.1) is 33.4 Å². The van der Waals surface area contributed by atoms with E-state index in [9.17, 15) is 0 Å². The molecule has 0 spiro atoms. The standard InChI is InChI=1S/C37H26N2S/c1-25-13-12-23-35(39-32-20-8-4-16-28(32)29-17-5-9-21-33(29)39)37(25)40-36-24-11-10-22-34(36)38-30-18-6-2-14-26(30)27-15-3-7-19-31(27)38/h2-24H,1H3. The molecule has 2 heterocycles. The summed E-state index contributed by atoms with van der Waals surface area (Å²) in [5.41, 5.74) is 8.58. The van der Waals surface area contributed by atoms with Crippen molar-refractivity contribution in [1.82, 2.24) is 9.13 Å². The van der Waals surface area contributed by atoms with E-state index in [1.54, 1.807) is 0 Å². The summed E-state index contributed by atoms with van der Waals surface area (Å²) in [6.45, 7) is 2.22. The first-order valence-corrected chi connectivity index (χ1v) is 14.4. The van der Waals surface area contributed by atoms with Crippen molar-refractivity contribution in [3.05, 3.63) is 145 Å². The number of fused-ring (bicyclic) bond motifs is 6. The molecule has 3 heteroatoms. The minimum absolute atomic E-state index is 1.20. The number of aryl methyl sites for hydroxylation is 1. The Hall–Kier alpha value is -4.73. The summed E-state index contributed by atoms with van der Waals surface area (Å²) < 4.78 is 4.86. The highest BCUT2D eigenvalue weighted by atomic mass is 32.2. The first kappa shape index (κ1) is 23.2. The molecule has 0 aliphatic rings. The molecular formula is C37H26N2S. The van der Waals surface area contributed by atoms with E-state index in [-0.39, 0.29) is 0 Å². The maximum absolute atomic E-state index is 2.43. The van der Waals surface area contributed by atoms with E-state index in [1.165, 1.54) is 70.3 Å². The lowest BCUT2D eigenvalue weighted by atomic mass is 10.2. The van der Waals surface area contributed by atoms with Crippen LogP contribution < -0.4 is 0 Å². The second kappa shape index (κ2) is 9.18. The first-order chi connectivity index (χ1) is 19.8. The number of para-hydroxylation sites is 5. The number of aromatic nitrogens is 2. The number of hydrogen-bond acceptors (Lipinski definition) is 1. The summed E-state index contributed by atoms with van der Waals surface area (Å²) in [6, 6.07) is 50.4. The van der Waals surface area contributed by atoms with Gasteiger partial charge in [0, 0.05) is 31.3 Å². The normalized spacial score (nSPS) is 11.7. The third-order valence-corrected chi connectivity index (χ3v) is 9.21. The summed E-state index contributed by atoms with van der Waals surface area (Å²) in [7, 11) is 0. The van der Waals surface area contributed by atoms with Crippen LogP contribution in [-0.4, -0.2) is 9.13 Å². The third kappa shape index (κ3) is 3.45. The van der Waals surface area contributed by atoms with Crippen LogP contribution in [0.2, 0.25) is 0 Å². The van der Waals surface area contributed by atoms with Crippen molar-refractivity contribution in [3.63, 3.8) is 0 Å². The number of hydrogen-bond donors (Lipinski definition) is 0. The van der Waals surface area contributed by atoms with Gasteiger partial charge in [-0.2, -0.15) is 0 Å². The molecule has 0 fully saturated rings. The third-order valence-electron chi connectivity index (χ3n) is 7.91. The van der Waals surface area contributed by atoms with Crippen LogP contribution in [0.1, 0.15) is 5.56 Å². The van der Waals surface area contributed by atoms with Gasteiger partial charge < -0.3 is 9.13 Å². The molecule has 2 aromatic heterocycles. The molecule has 6 aromatic carbocycles. The highest BCUT2D eigenvalue weighted by Gasteiger charge is 2.19. The van der Waals surface area contributed by atoms with Crippen LogP contribution >= 0.6 is 11.8 Å². The lowest BCUT2D eigenvalue weighted by Crippen LogP contribution is -2.00. The highest BCUT2D eigenvalue weighted by Crippen LogP contribution is 2.43. The monoisotopic (exact) mass is 530 g/mol. The zero-order valence-corrected chi connectivity index (χ0v) is 22.9. The lowest BCUT2D eigenvalue weighted by molar-refractivity contribution is 1.09. The molecule has 0 unspecified atom stereocenters. The van der Waals surface area contributed by atoms with Gasteiger partial charge in [-0.25, -0.2) is 0 Å². The van der Waals surface area contributed by atoms with Crippen molar-refractivity contribution in [2.75, 3.05) is 0 Å². The topological polar surface area (TPSA) is 9.86 Å². The zero-order valence-electron chi connectivity index (χ0n) is 22.1. The Morgan fingerprint density at radius 2 is 0.800 bits per heavy atom. The Balaban J connectivity index is 1.37. The van der Waals surface area contributed by atoms with Crippen LogP contribution in [0.15, 0.2) is 149 Å². The second-order valence-electron chi connectivity index (χ2n) is 10.2. The van der Waals surface area contributed by atoms with Crippen LogP contribution in [0.4, 0.5) is 0 Å². The average molecular weight is 531 g/mol. The van der Waals surface area contributed by atoms with Crippen LogP contribution in [0.3, 0.4) is 0 Å². The van der Waals surface area contributed by atoms with Gasteiger partial charge in [-0.05, 0) is 55.0 Å². The zero-order chi connectivity index (χ0) is 26.6. The van der Waals surface area contributed by atoms with Gasteiger partial charge in [0.1, 0.15) is 0 Å². The molecule has 0 N–H and O–H groups in total. The molecular weight excluding hydrogens is 504 g/mol. The molecule has 0 amide bonds. The van der Waals surface area contributed by atoms with Crippen molar-refractivity contribution in [3.8, 4) is 11.4 Å². The fraction of sp³-hybridized carbons (Fsp3) is 0.0270. The minimum Gasteiger partial charge on any atom is -0.308 e. The maximum atomic E-state index is 2.43. The van der Waals surface area contributed by atoms with Crippen LogP contribution in [0, 0.1) is 6.92 Å². The Morgan fingerprint density at radius 3 is 1.32 bits per heavy atom. The Bertz CT molecular complexity index is 2110. The van der Waals surface area contributed by atoms with Gasteiger partial charge in [-0.3, -0.25) is 0 Å². The van der Waals surface area contributed by atoms with Gasteiger partial charge in [0.2, 0.25) is 0 Å². The summed E-state index contributed by atoms with van der Waals surface area (Å²) in [4.78, 5) is 2.49. The Labute approximate surface area is 237 Å². The van der Waals surface area contributed by atoms with Crippen molar-refractivity contribution < 1.29 is 0 Å². The molecule has 0 saturated carbocycles. The van der Waals surface area contributed by atoms with Gasteiger partial charge in [-0.15, -0.1) is 0 Å². The predicted octanol–water partition coefficient (Wildman–Crippen LogP) is 10.3. The van der Waals surface area contributed by atoms with E-state index in [4.69, 9.17) is 0 Å². The molecule has 8 rings (SSSR count). The van der Waals surface area contributed by atoms with Gasteiger partial charge >= 0.3 is 0 Å². The summed E-state index contributed by atoms with van der Waals surface area (Å²) in [6.07, 6.45) is 0. The summed E-state index contributed by atoms with van der Waals surface area (Å²) in [5, 5.41) is 5.11. The molecule has 0 saturated heterocycles. The second-order valence-corrected chi connectivity index (χ2v) is 11.3. The molecule has 0 radical (unpaired) electrons. The lowest BCUT2D eigenvalue weighted by Gasteiger charge is -2.18. The molecule has 0 atom stereocenters. The van der Waals surface area contributed by atoms with Gasteiger partial charge in [-0.1, -0.05) is 109 Å². The summed E-state index contributed by atoms with van der Waals surface area (Å²) in [5.74, 6) is 0. The number of rotatable bonds is 4. The fourth-order valence-corrected chi connectivity index (χ4v) is 7.27. The van der Waals surface area contributed by atoms with Crippen LogP contribution in [0.25, 0.3) is 55.0 Å². The van der Waals surface area contributed by atoms with E-state index >= 15 is 0 Å². The average Bonchev–Trinajstić information content (AvgIpc) is 3.52. The molecule has 0 aliphatic heterocycles. The number of nitrogens with zero attached hydrogens (tertiary/aromatic N) is 2. The van der Waals surface area contributed by atoms with Crippen LogP contribution in [0.5, 0.6) is 0 Å². The molecule has 40 heavy (non-hydrogen) atoms. The Morgan fingerprint density at radius 1 is 0.400 bits per heavy atom. The largest absolute Gasteiger partial charge is 0.308 e. The molecule has 2 nitrogen and oxygen atoms in total. The first-order valence-electron chi connectivity index (χ1n) is 13.6. The Kier molecular flexibility index (Phi) is 5.32. The molecule has 8 aromatic rings. The molecule has 0 bridgehead atoms. The highest BCUT2D eigenvalue weighted by molar-refractivity contribution is 7.99. The van der Waals surface area contributed by atoms with Crippen molar-refractivity contribution in [2.45, 2.75) is 16.7 Å². The van der Waals surface area contributed by atoms with Crippen molar-refractivity contribution >= 4 is 55.4 Å². The fourth-order valence-electron chi connectivity index (χ4n) is 6.15. The van der Waals surface area contributed by atoms with Crippen molar-refractivity contribution in [2.24, 2.45) is 0 Å². The predicted molar refractivity (Wildman–Crippen MR) is 170 cm³/mol.